The number of carbonyl (C=O) groups is 4. The van der Waals surface area contributed by atoms with E-state index in [-0.39, 0.29) is 48.9 Å². The van der Waals surface area contributed by atoms with Crippen LogP contribution < -0.4 is 25.7 Å². The standard InChI is InChI=1S/C41H53ClN6O9S/c1-3-26-22-41(26,37(52)46-58(54,55)40(2)17-18-40)45-34(49)31-21-28-23-48(31)36(51)33(25-11-6-7-12-25)44-39(53)57-32-14-9-13-24(32)10-5-4-8-19-47-35(50)29-16-15-27(42)20-30(29)43-38(47)56-28/h3,15-16,20,24-26,28,31-33H,1,4-14,17-19,21-23H2,2H3,(H,44,53)(H,45,49)(H,46,52)/t24-,26-,28-,31+,32-,33+,41-/m1/s1. The van der Waals surface area contributed by atoms with E-state index in [0.717, 1.165) is 51.4 Å². The molecule has 1 aromatic heterocycles. The summed E-state index contributed by atoms with van der Waals surface area (Å²) in [6, 6.07) is 2.71. The Morgan fingerprint density at radius 3 is 2.45 bits per heavy atom. The first-order chi connectivity index (χ1) is 27.7. The van der Waals surface area contributed by atoms with E-state index in [4.69, 9.17) is 26.1 Å². The summed E-state index contributed by atoms with van der Waals surface area (Å²) in [5.41, 5.74) is -1.55. The molecule has 5 fully saturated rings. The van der Waals surface area contributed by atoms with Crippen molar-refractivity contribution in [2.24, 2.45) is 17.8 Å². The minimum Gasteiger partial charge on any atom is -0.459 e. The number of sulfonamides is 1. The van der Waals surface area contributed by atoms with Gasteiger partial charge < -0.3 is 25.0 Å². The lowest BCUT2D eigenvalue weighted by atomic mass is 9.96. The quantitative estimate of drug-likeness (QED) is 0.335. The van der Waals surface area contributed by atoms with Crippen LogP contribution in [0.5, 0.6) is 6.01 Å². The fourth-order valence-electron chi connectivity index (χ4n) is 9.59. The van der Waals surface area contributed by atoms with Crippen molar-refractivity contribution in [2.45, 2.75) is 144 Å². The average molecular weight is 841 g/mol. The lowest BCUT2D eigenvalue weighted by Crippen LogP contribution is -2.59. The van der Waals surface area contributed by atoms with Crippen LogP contribution in [0.1, 0.15) is 103 Å². The van der Waals surface area contributed by atoms with E-state index in [2.05, 4.69) is 21.9 Å². The van der Waals surface area contributed by atoms with Crippen molar-refractivity contribution < 1.29 is 37.1 Å². The van der Waals surface area contributed by atoms with Crippen LogP contribution >= 0.6 is 11.6 Å². The summed E-state index contributed by atoms with van der Waals surface area (Å²) in [4.78, 5) is 76.9. The van der Waals surface area contributed by atoms with Gasteiger partial charge in [-0.2, -0.15) is 4.98 Å². The molecule has 3 N–H and O–H groups in total. The predicted octanol–water partition coefficient (Wildman–Crippen LogP) is 4.49. The topological polar surface area (TPSA) is 195 Å². The molecule has 8 rings (SSSR count). The summed E-state index contributed by atoms with van der Waals surface area (Å²) in [6.45, 7) is 5.60. The maximum Gasteiger partial charge on any atom is 0.408 e. The normalized spacial score (nSPS) is 31.4. The second-order valence-corrected chi connectivity index (χ2v) is 20.2. The van der Waals surface area contributed by atoms with Gasteiger partial charge in [0.05, 0.1) is 22.2 Å². The summed E-state index contributed by atoms with van der Waals surface area (Å²) in [5.74, 6) is -2.61. The maximum atomic E-state index is 14.9. The van der Waals surface area contributed by atoms with Crippen LogP contribution in [-0.2, 0) is 35.7 Å². The number of nitrogens with one attached hydrogen (secondary N) is 3. The molecule has 1 aromatic carbocycles. The number of hydrogen-bond acceptors (Lipinski definition) is 10. The largest absolute Gasteiger partial charge is 0.459 e. The average Bonchev–Trinajstić information content (AvgIpc) is 3.80. The maximum absolute atomic E-state index is 14.9. The van der Waals surface area contributed by atoms with Crippen molar-refractivity contribution >= 4 is 56.3 Å². The van der Waals surface area contributed by atoms with Gasteiger partial charge in [-0.15, -0.1) is 6.58 Å². The Hall–Kier alpha value is -4.18. The number of nitrogens with zero attached hydrogens (tertiary/aromatic N) is 3. The van der Waals surface area contributed by atoms with Gasteiger partial charge in [0.2, 0.25) is 21.8 Å². The molecule has 4 saturated carbocycles. The number of aromatic nitrogens is 2. The molecule has 314 valence electrons. The zero-order chi connectivity index (χ0) is 41.0. The third-order valence-corrected chi connectivity index (χ3v) is 16.0. The third-order valence-electron chi connectivity index (χ3n) is 13.6. The van der Waals surface area contributed by atoms with Crippen LogP contribution in [0.3, 0.4) is 0 Å². The number of alkyl carbamates (subject to hydrolysis) is 1. The van der Waals surface area contributed by atoms with Gasteiger partial charge in [-0.1, -0.05) is 43.4 Å². The van der Waals surface area contributed by atoms with Crippen LogP contribution in [-0.4, -0.2) is 87.8 Å². The van der Waals surface area contributed by atoms with Crippen LogP contribution in [0, 0.1) is 17.8 Å². The molecule has 2 bridgehead atoms. The number of halogens is 1. The SMILES string of the molecule is C=C[C@@H]1C[C@]1(NC(=O)[C@@H]1C[C@@H]2CN1C(=O)[C@H](C1CCCC1)NC(=O)O[C@@H]1CCC[C@H]1CCCCCn1c(nc3cc(Cl)ccc3c1=O)O2)C(=O)NS(=O)(=O)C1(C)CC1. The summed E-state index contributed by atoms with van der Waals surface area (Å²) in [6.07, 6.45) is 9.60. The van der Waals surface area contributed by atoms with Crippen LogP contribution in [0.2, 0.25) is 5.02 Å². The van der Waals surface area contributed by atoms with E-state index in [1.54, 1.807) is 25.1 Å². The Labute approximate surface area is 343 Å². The highest BCUT2D eigenvalue weighted by Gasteiger charge is 2.63. The number of carbonyl (C=O) groups excluding carboxylic acids is 4. The van der Waals surface area contributed by atoms with Gasteiger partial charge in [-0.3, -0.25) is 28.5 Å². The smallest absolute Gasteiger partial charge is 0.408 e. The van der Waals surface area contributed by atoms with Gasteiger partial charge in [0.1, 0.15) is 29.8 Å². The number of ether oxygens (including phenoxy) is 2. The van der Waals surface area contributed by atoms with Crippen molar-refractivity contribution in [3.05, 3.63) is 46.2 Å². The molecule has 1 saturated heterocycles. The van der Waals surface area contributed by atoms with E-state index >= 15 is 0 Å². The summed E-state index contributed by atoms with van der Waals surface area (Å²) in [5, 5.41) is 6.52. The van der Waals surface area contributed by atoms with Crippen molar-refractivity contribution in [2.75, 3.05) is 6.54 Å². The molecule has 0 spiro atoms. The monoisotopic (exact) mass is 840 g/mol. The van der Waals surface area contributed by atoms with Gasteiger partial charge in [-0.25, -0.2) is 13.2 Å². The highest BCUT2D eigenvalue weighted by Crippen LogP contribution is 2.47. The Bertz CT molecular complexity index is 2170. The molecule has 4 aliphatic carbocycles. The fraction of sp³-hybridized carbons (Fsp3) is 0.659. The molecule has 17 heteroatoms. The van der Waals surface area contributed by atoms with Crippen molar-refractivity contribution in [3.8, 4) is 6.01 Å². The molecule has 4 amide bonds. The molecule has 6 aliphatic rings. The van der Waals surface area contributed by atoms with E-state index in [1.165, 1.54) is 15.5 Å². The molecular weight excluding hydrogens is 788 g/mol. The van der Waals surface area contributed by atoms with E-state index < -0.39 is 68.2 Å². The number of amides is 4. The lowest BCUT2D eigenvalue weighted by Gasteiger charge is -2.32. The molecular formula is C41H53ClN6O9S. The number of fused-ring (bicyclic) bond motifs is 5. The minimum absolute atomic E-state index is 0.0350. The molecule has 0 radical (unpaired) electrons. The molecule has 0 unspecified atom stereocenters. The third kappa shape index (κ3) is 7.82. The van der Waals surface area contributed by atoms with Crippen LogP contribution in [0.25, 0.3) is 10.9 Å². The van der Waals surface area contributed by atoms with Gasteiger partial charge in [-0.05, 0) is 101 Å². The number of hydrogen-bond donors (Lipinski definition) is 3. The minimum atomic E-state index is -4.02. The second kappa shape index (κ2) is 15.8. The van der Waals surface area contributed by atoms with Gasteiger partial charge in [0.25, 0.3) is 17.5 Å². The Kier molecular flexibility index (Phi) is 11.0. The Morgan fingerprint density at radius 2 is 1.72 bits per heavy atom. The first-order valence-corrected chi connectivity index (χ1v) is 22.7. The Morgan fingerprint density at radius 1 is 1.00 bits per heavy atom. The van der Waals surface area contributed by atoms with Crippen LogP contribution in [0.15, 0.2) is 35.6 Å². The van der Waals surface area contributed by atoms with E-state index in [0.29, 0.717) is 54.6 Å². The van der Waals surface area contributed by atoms with Crippen molar-refractivity contribution in [1.29, 1.82) is 0 Å². The van der Waals surface area contributed by atoms with Gasteiger partial charge in [0.15, 0.2) is 0 Å². The summed E-state index contributed by atoms with van der Waals surface area (Å²) in [7, 11) is -4.02. The molecule has 7 atom stereocenters. The van der Waals surface area contributed by atoms with Crippen molar-refractivity contribution in [1.82, 2.24) is 29.8 Å². The number of benzene rings is 1. The zero-order valence-electron chi connectivity index (χ0n) is 32.9. The molecule has 2 aliphatic heterocycles. The Balaban J connectivity index is 1.14. The zero-order valence-corrected chi connectivity index (χ0v) is 34.5. The molecule has 2 aromatic rings. The van der Waals surface area contributed by atoms with E-state index in [1.807, 2.05) is 0 Å². The first kappa shape index (κ1) is 40.6. The number of rotatable bonds is 7. The summed E-state index contributed by atoms with van der Waals surface area (Å²) >= 11 is 6.31. The highest BCUT2D eigenvalue weighted by molar-refractivity contribution is 7.91. The molecule has 58 heavy (non-hydrogen) atoms. The summed E-state index contributed by atoms with van der Waals surface area (Å²) < 4.78 is 41.4. The van der Waals surface area contributed by atoms with Gasteiger partial charge >= 0.3 is 6.09 Å². The van der Waals surface area contributed by atoms with Crippen molar-refractivity contribution in [3.63, 3.8) is 0 Å². The second-order valence-electron chi connectivity index (χ2n) is 17.5. The molecule has 3 heterocycles. The first-order valence-electron chi connectivity index (χ1n) is 20.9. The van der Waals surface area contributed by atoms with Crippen LogP contribution in [0.4, 0.5) is 4.79 Å². The predicted molar refractivity (Wildman–Crippen MR) is 214 cm³/mol. The highest BCUT2D eigenvalue weighted by atomic mass is 35.5. The van der Waals surface area contributed by atoms with Gasteiger partial charge in [0, 0.05) is 23.9 Å². The molecule has 15 nitrogen and oxygen atoms in total. The lowest BCUT2D eigenvalue weighted by molar-refractivity contribution is -0.142. The van der Waals surface area contributed by atoms with E-state index in [9.17, 15) is 32.4 Å². The fourth-order valence-corrected chi connectivity index (χ4v) is 11.1.